The molecule has 1 aromatic carbocycles. The summed E-state index contributed by atoms with van der Waals surface area (Å²) in [7, 11) is 0. The normalized spacial score (nSPS) is 27.8. The Morgan fingerprint density at radius 1 is 1.23 bits per heavy atom. The van der Waals surface area contributed by atoms with E-state index in [1.807, 2.05) is 26.0 Å². The number of nitrogens with one attached hydrogen (secondary N) is 4. The van der Waals surface area contributed by atoms with Gasteiger partial charge < -0.3 is 26.2 Å². The highest BCUT2D eigenvalue weighted by molar-refractivity contribution is 8.01. The third kappa shape index (κ3) is 5.65. The molecule has 13 heteroatoms. The first kappa shape index (κ1) is 28.2. The van der Waals surface area contributed by atoms with Gasteiger partial charge in [-0.15, -0.1) is 11.8 Å². The van der Waals surface area contributed by atoms with Gasteiger partial charge in [0, 0.05) is 29.7 Å². The van der Waals surface area contributed by atoms with Gasteiger partial charge in [-0.25, -0.2) is 0 Å². The lowest BCUT2D eigenvalue weighted by Crippen LogP contribution is -2.55. The van der Waals surface area contributed by atoms with Crippen molar-refractivity contribution in [2.45, 2.75) is 30.4 Å². The Bertz CT molecular complexity index is 1230. The predicted molar refractivity (Wildman–Crippen MR) is 145 cm³/mol. The lowest BCUT2D eigenvalue weighted by Gasteiger charge is -2.44. The molecule has 0 radical (unpaired) electrons. The van der Waals surface area contributed by atoms with Crippen LogP contribution in [0.15, 0.2) is 24.3 Å². The first-order chi connectivity index (χ1) is 18.8. The van der Waals surface area contributed by atoms with Crippen LogP contribution in [0.1, 0.15) is 20.3 Å². The van der Waals surface area contributed by atoms with Crippen molar-refractivity contribution in [3.05, 3.63) is 24.3 Å². The number of hydrogen-bond acceptors (Lipinski definition) is 9. The van der Waals surface area contributed by atoms with Crippen molar-refractivity contribution in [1.82, 2.24) is 20.4 Å². The van der Waals surface area contributed by atoms with Crippen LogP contribution in [-0.4, -0.2) is 82.9 Å². The number of benzene rings is 1. The van der Waals surface area contributed by atoms with Crippen LogP contribution in [0.25, 0.3) is 0 Å². The van der Waals surface area contributed by atoms with Gasteiger partial charge in [0.25, 0.3) is 0 Å². The molecule has 2 heterocycles. The highest BCUT2D eigenvalue weighted by Crippen LogP contribution is 2.65. The fourth-order valence-corrected chi connectivity index (χ4v) is 7.48. The van der Waals surface area contributed by atoms with Crippen molar-refractivity contribution in [2.24, 2.45) is 17.8 Å². The zero-order chi connectivity index (χ0) is 28.2. The molecule has 1 spiro atoms. The summed E-state index contributed by atoms with van der Waals surface area (Å²) < 4.78 is 0. The average Bonchev–Trinajstić information content (AvgIpc) is 3.36. The van der Waals surface area contributed by atoms with E-state index in [0.717, 1.165) is 5.69 Å². The lowest BCUT2D eigenvalue weighted by molar-refractivity contribution is -0.138. The number of carbonyl (C=O) groups excluding carboxylic acids is 4. The van der Waals surface area contributed by atoms with Crippen LogP contribution >= 0.6 is 11.8 Å². The van der Waals surface area contributed by atoms with Crippen LogP contribution < -0.4 is 21.3 Å². The van der Waals surface area contributed by atoms with Crippen molar-refractivity contribution in [2.75, 3.05) is 50.0 Å². The molecular formula is C26H32N8O4S. The molecule has 5 unspecified atom stereocenters. The molecule has 4 N–H and O–H groups in total. The summed E-state index contributed by atoms with van der Waals surface area (Å²) in [6.45, 7) is 5.02. The number of anilines is 2. The molecule has 0 bridgehead atoms. The van der Waals surface area contributed by atoms with Gasteiger partial charge in [0.05, 0.1) is 49.7 Å². The standard InChI is InChI=1S/C26H32N8O4S/c1-3-20-18(25(38)34(4-2)26(39-20)19(11-28)23(26)24(37)29-9-8-27)12-30-16-6-5-7-17(10-16)32-22(36)14-33-13-21(35)31-15-33/h5-7,10,18-20,23,30H,3-4,9,12-15H2,1-2H3,(H,29,37)(H,31,35)(H,32,36). The van der Waals surface area contributed by atoms with Gasteiger partial charge in [0.1, 0.15) is 11.4 Å². The smallest absolute Gasteiger partial charge is 0.238 e. The molecular weight excluding hydrogens is 520 g/mol. The fraction of sp³-hybridized carbons (Fsp3) is 0.538. The lowest BCUT2D eigenvalue weighted by atomic mass is 9.99. The molecule has 5 atom stereocenters. The minimum absolute atomic E-state index is 0.0935. The van der Waals surface area contributed by atoms with Crippen LogP contribution in [0, 0.1) is 40.4 Å². The van der Waals surface area contributed by atoms with Crippen molar-refractivity contribution in [1.29, 1.82) is 10.5 Å². The number of thioether (sulfide) groups is 1. The quantitative estimate of drug-likeness (QED) is 0.302. The minimum Gasteiger partial charge on any atom is -0.384 e. The summed E-state index contributed by atoms with van der Waals surface area (Å²) in [5.74, 6) is -2.52. The molecule has 3 fully saturated rings. The van der Waals surface area contributed by atoms with Crippen molar-refractivity contribution in [3.8, 4) is 12.1 Å². The number of rotatable bonds is 10. The van der Waals surface area contributed by atoms with Crippen LogP contribution in [0.5, 0.6) is 0 Å². The van der Waals surface area contributed by atoms with E-state index in [1.54, 1.807) is 28.0 Å². The van der Waals surface area contributed by atoms with Gasteiger partial charge in [-0.3, -0.25) is 24.1 Å². The molecule has 3 aliphatic rings. The second-order valence-corrected chi connectivity index (χ2v) is 11.2. The molecule has 1 aliphatic carbocycles. The van der Waals surface area contributed by atoms with Gasteiger partial charge in [-0.2, -0.15) is 10.5 Å². The zero-order valence-electron chi connectivity index (χ0n) is 21.9. The van der Waals surface area contributed by atoms with Gasteiger partial charge in [-0.05, 0) is 31.5 Å². The van der Waals surface area contributed by atoms with Gasteiger partial charge >= 0.3 is 0 Å². The Hall–Kier alpha value is -3.81. The summed E-state index contributed by atoms with van der Waals surface area (Å²) in [6.07, 6.45) is 0.677. The SMILES string of the molecule is CCC1SC2(C(C#N)C2C(=O)NCC#N)N(CC)C(=O)C1CNc1cccc(NC(=O)CN2CNC(=O)C2)c1. The maximum atomic E-state index is 13.7. The molecule has 206 valence electrons. The summed E-state index contributed by atoms with van der Waals surface area (Å²) >= 11 is 1.52. The summed E-state index contributed by atoms with van der Waals surface area (Å²) in [5, 5.41) is 29.9. The number of nitriles is 2. The van der Waals surface area contributed by atoms with E-state index in [2.05, 4.69) is 27.3 Å². The maximum Gasteiger partial charge on any atom is 0.238 e. The zero-order valence-corrected chi connectivity index (χ0v) is 22.7. The molecule has 1 aromatic rings. The molecule has 12 nitrogen and oxygen atoms in total. The molecule has 39 heavy (non-hydrogen) atoms. The summed E-state index contributed by atoms with van der Waals surface area (Å²) in [4.78, 5) is 52.7. The van der Waals surface area contributed by atoms with Gasteiger partial charge in [0.2, 0.25) is 23.6 Å². The number of amides is 4. The van der Waals surface area contributed by atoms with E-state index < -0.39 is 16.7 Å². The maximum absolute atomic E-state index is 13.7. The third-order valence-electron chi connectivity index (χ3n) is 7.30. The largest absolute Gasteiger partial charge is 0.384 e. The molecule has 4 amide bonds. The molecule has 0 aromatic heterocycles. The fourth-order valence-electron chi connectivity index (χ4n) is 5.45. The Kier molecular flexibility index (Phi) is 8.63. The van der Waals surface area contributed by atoms with E-state index >= 15 is 0 Å². The molecule has 2 saturated heterocycles. The Morgan fingerprint density at radius 3 is 2.64 bits per heavy atom. The topological polar surface area (TPSA) is 170 Å². The highest BCUT2D eigenvalue weighted by atomic mass is 32.2. The first-order valence-electron chi connectivity index (χ1n) is 12.9. The molecule has 2 aliphatic heterocycles. The van der Waals surface area contributed by atoms with Crippen LogP contribution in [0.2, 0.25) is 0 Å². The number of nitrogens with zero attached hydrogens (tertiary/aromatic N) is 4. The number of hydrogen-bond donors (Lipinski definition) is 4. The van der Waals surface area contributed by atoms with E-state index in [1.165, 1.54) is 11.8 Å². The van der Waals surface area contributed by atoms with Gasteiger partial charge in [0.15, 0.2) is 0 Å². The highest BCUT2D eigenvalue weighted by Gasteiger charge is 2.76. The second-order valence-electron chi connectivity index (χ2n) is 9.72. The Labute approximate surface area is 231 Å². The third-order valence-corrected chi connectivity index (χ3v) is 9.37. The van der Waals surface area contributed by atoms with Crippen molar-refractivity contribution >= 4 is 46.8 Å². The van der Waals surface area contributed by atoms with Crippen molar-refractivity contribution in [3.63, 3.8) is 0 Å². The van der Waals surface area contributed by atoms with Crippen LogP contribution in [0.4, 0.5) is 11.4 Å². The monoisotopic (exact) mass is 552 g/mol. The van der Waals surface area contributed by atoms with Crippen molar-refractivity contribution < 1.29 is 19.2 Å². The molecule has 1 saturated carbocycles. The molecule has 4 rings (SSSR count). The average molecular weight is 553 g/mol. The van der Waals surface area contributed by atoms with E-state index in [4.69, 9.17) is 5.26 Å². The number of carbonyl (C=O) groups is 4. The van der Waals surface area contributed by atoms with E-state index in [9.17, 15) is 24.4 Å². The van der Waals surface area contributed by atoms with E-state index in [0.29, 0.717) is 31.9 Å². The Balaban J connectivity index is 1.41. The van der Waals surface area contributed by atoms with Crippen LogP contribution in [-0.2, 0) is 19.2 Å². The minimum atomic E-state index is -0.920. The summed E-state index contributed by atoms with van der Waals surface area (Å²) in [5.41, 5.74) is 1.33. The van der Waals surface area contributed by atoms with Crippen LogP contribution in [0.3, 0.4) is 0 Å². The van der Waals surface area contributed by atoms with Gasteiger partial charge in [-0.1, -0.05) is 13.0 Å². The van der Waals surface area contributed by atoms with E-state index in [-0.39, 0.29) is 54.4 Å². The Morgan fingerprint density at radius 2 is 2.00 bits per heavy atom. The first-order valence-corrected chi connectivity index (χ1v) is 13.8. The second kappa shape index (κ2) is 11.9. The summed E-state index contributed by atoms with van der Waals surface area (Å²) in [6, 6.07) is 11.3. The predicted octanol–water partition coefficient (Wildman–Crippen LogP) is 0.522.